The SMILES string of the molecule is Cn1c(-c2nccs2)nc2[nH]c(C=C3C(=O)c4cc5ccccc5cc4C3=O)cc21. The van der Waals surface area contributed by atoms with Gasteiger partial charge in [0, 0.05) is 35.4 Å². The maximum Gasteiger partial charge on any atom is 0.197 e. The van der Waals surface area contributed by atoms with Crippen LogP contribution in [0.15, 0.2) is 59.6 Å². The number of aromatic amines is 1. The van der Waals surface area contributed by atoms with Crippen molar-refractivity contribution in [2.45, 2.75) is 0 Å². The van der Waals surface area contributed by atoms with Crippen LogP contribution in [0.5, 0.6) is 0 Å². The number of nitrogens with zero attached hydrogens (tertiary/aromatic N) is 3. The maximum absolute atomic E-state index is 13.0. The van der Waals surface area contributed by atoms with E-state index < -0.39 is 0 Å². The largest absolute Gasteiger partial charge is 0.338 e. The van der Waals surface area contributed by atoms with Gasteiger partial charge in [0.2, 0.25) is 0 Å². The molecule has 7 heteroatoms. The van der Waals surface area contributed by atoms with E-state index in [9.17, 15) is 9.59 Å². The number of nitrogens with one attached hydrogen (secondary N) is 1. The molecule has 1 aliphatic rings. The van der Waals surface area contributed by atoms with Gasteiger partial charge in [-0.2, -0.15) is 0 Å². The maximum atomic E-state index is 13.0. The molecule has 0 saturated heterocycles. The highest BCUT2D eigenvalue weighted by atomic mass is 32.1. The summed E-state index contributed by atoms with van der Waals surface area (Å²) in [5.41, 5.74) is 3.34. The second-order valence-electron chi connectivity index (χ2n) is 7.25. The molecule has 0 radical (unpaired) electrons. The van der Waals surface area contributed by atoms with Crippen LogP contribution < -0.4 is 0 Å². The molecular formula is C23H14N4O2S. The van der Waals surface area contributed by atoms with Gasteiger partial charge in [-0.3, -0.25) is 9.59 Å². The first-order chi connectivity index (χ1) is 14.6. The Morgan fingerprint density at radius 3 is 2.33 bits per heavy atom. The normalized spacial score (nSPS) is 13.6. The van der Waals surface area contributed by atoms with Crippen LogP contribution in [0.2, 0.25) is 0 Å². The number of rotatable bonds is 2. The minimum absolute atomic E-state index is 0.173. The Balaban J connectivity index is 1.43. The number of aryl methyl sites for hydroxylation is 1. The number of ketones is 2. The third kappa shape index (κ3) is 2.36. The van der Waals surface area contributed by atoms with Crippen LogP contribution in [0.3, 0.4) is 0 Å². The fraction of sp³-hybridized carbons (Fsp3) is 0.0435. The lowest BCUT2D eigenvalue weighted by molar-refractivity contribution is 0.0990. The summed E-state index contributed by atoms with van der Waals surface area (Å²) in [7, 11) is 1.92. The van der Waals surface area contributed by atoms with E-state index in [-0.39, 0.29) is 17.1 Å². The molecule has 5 aromatic rings. The van der Waals surface area contributed by atoms with E-state index in [2.05, 4.69) is 15.0 Å². The summed E-state index contributed by atoms with van der Waals surface area (Å²) in [6.07, 6.45) is 3.37. The fourth-order valence-corrected chi connectivity index (χ4v) is 4.65. The first-order valence-electron chi connectivity index (χ1n) is 9.39. The van der Waals surface area contributed by atoms with Crippen molar-refractivity contribution >= 4 is 50.9 Å². The van der Waals surface area contributed by atoms with Gasteiger partial charge < -0.3 is 9.55 Å². The van der Waals surface area contributed by atoms with Crippen molar-refractivity contribution in [2.24, 2.45) is 7.05 Å². The molecule has 0 unspecified atom stereocenters. The number of fused-ring (bicyclic) bond motifs is 3. The number of Topliss-reactive ketones (excluding diaryl/α,β-unsaturated/α-hetero) is 2. The monoisotopic (exact) mass is 410 g/mol. The highest BCUT2D eigenvalue weighted by Crippen LogP contribution is 2.32. The number of hydrogen-bond donors (Lipinski definition) is 1. The number of allylic oxidation sites excluding steroid dienone is 1. The Kier molecular flexibility index (Phi) is 3.45. The predicted octanol–water partition coefficient (Wildman–Crippen LogP) is 4.64. The number of aromatic nitrogens is 4. The second-order valence-corrected chi connectivity index (χ2v) is 8.15. The Hall–Kier alpha value is -3.84. The lowest BCUT2D eigenvalue weighted by atomic mass is 10.0. The van der Waals surface area contributed by atoms with E-state index >= 15 is 0 Å². The smallest absolute Gasteiger partial charge is 0.197 e. The van der Waals surface area contributed by atoms with Crippen molar-refractivity contribution in [1.82, 2.24) is 19.5 Å². The quantitative estimate of drug-likeness (QED) is 0.340. The molecule has 3 aromatic heterocycles. The molecule has 6 rings (SSSR count). The Morgan fingerprint density at radius 1 is 1.03 bits per heavy atom. The van der Waals surface area contributed by atoms with Gasteiger partial charge >= 0.3 is 0 Å². The molecule has 0 amide bonds. The van der Waals surface area contributed by atoms with E-state index in [1.165, 1.54) is 11.3 Å². The van der Waals surface area contributed by atoms with Gasteiger partial charge in [-0.05, 0) is 35.0 Å². The van der Waals surface area contributed by atoms with Crippen molar-refractivity contribution in [2.75, 3.05) is 0 Å². The summed E-state index contributed by atoms with van der Waals surface area (Å²) in [6.45, 7) is 0. The average Bonchev–Trinajstić information content (AvgIpc) is 3.51. The first kappa shape index (κ1) is 17.1. The zero-order valence-electron chi connectivity index (χ0n) is 15.8. The summed E-state index contributed by atoms with van der Waals surface area (Å²) >= 11 is 1.52. The molecule has 0 fully saturated rings. The Labute approximate surface area is 174 Å². The van der Waals surface area contributed by atoms with E-state index in [1.807, 2.05) is 47.3 Å². The van der Waals surface area contributed by atoms with Gasteiger partial charge in [0.15, 0.2) is 28.0 Å². The van der Waals surface area contributed by atoms with Crippen molar-refractivity contribution in [3.63, 3.8) is 0 Å². The van der Waals surface area contributed by atoms with Gasteiger partial charge in [-0.15, -0.1) is 11.3 Å². The molecule has 3 heterocycles. The fourth-order valence-electron chi connectivity index (χ4n) is 3.99. The molecule has 1 N–H and O–H groups in total. The molecule has 30 heavy (non-hydrogen) atoms. The van der Waals surface area contributed by atoms with Crippen LogP contribution in [0.25, 0.3) is 38.8 Å². The molecule has 0 saturated carbocycles. The third-order valence-electron chi connectivity index (χ3n) is 5.48. The molecule has 0 bridgehead atoms. The molecule has 1 aliphatic carbocycles. The van der Waals surface area contributed by atoms with Crippen LogP contribution in [0.4, 0.5) is 0 Å². The summed E-state index contributed by atoms with van der Waals surface area (Å²) in [6, 6.07) is 13.2. The molecule has 0 aliphatic heterocycles. The zero-order chi connectivity index (χ0) is 20.4. The Bertz CT molecular complexity index is 1480. The van der Waals surface area contributed by atoms with E-state index in [1.54, 1.807) is 24.4 Å². The Morgan fingerprint density at radius 2 is 1.73 bits per heavy atom. The van der Waals surface area contributed by atoms with Gasteiger partial charge in [-0.1, -0.05) is 24.3 Å². The minimum Gasteiger partial charge on any atom is -0.338 e. The minimum atomic E-state index is -0.240. The van der Waals surface area contributed by atoms with Crippen molar-refractivity contribution in [3.8, 4) is 10.8 Å². The van der Waals surface area contributed by atoms with Crippen LogP contribution in [-0.2, 0) is 7.05 Å². The number of imidazole rings is 1. The van der Waals surface area contributed by atoms with E-state index in [0.717, 1.165) is 27.1 Å². The standard InChI is InChI=1S/C23H14N4O2S/c1-27-18-11-14(25-21(18)26-22(27)23-24-6-7-30-23)10-17-19(28)15-8-12-4-2-3-5-13(12)9-16(15)20(17)29/h2-11,25H,1H3. The number of carbonyl (C=O) groups is 2. The number of hydrogen-bond acceptors (Lipinski definition) is 5. The summed E-state index contributed by atoms with van der Waals surface area (Å²) < 4.78 is 1.95. The average molecular weight is 410 g/mol. The van der Waals surface area contributed by atoms with E-state index in [4.69, 9.17) is 0 Å². The molecule has 2 aromatic carbocycles. The molecule has 0 spiro atoms. The molecular weight excluding hydrogens is 396 g/mol. The highest BCUT2D eigenvalue weighted by Gasteiger charge is 2.33. The molecule has 6 nitrogen and oxygen atoms in total. The highest BCUT2D eigenvalue weighted by molar-refractivity contribution is 7.13. The number of carbonyl (C=O) groups excluding carboxylic acids is 2. The zero-order valence-corrected chi connectivity index (χ0v) is 16.7. The van der Waals surface area contributed by atoms with Crippen molar-refractivity contribution in [3.05, 3.63) is 76.4 Å². The molecule has 144 valence electrons. The van der Waals surface area contributed by atoms with Crippen LogP contribution in [0.1, 0.15) is 26.4 Å². The van der Waals surface area contributed by atoms with E-state index in [0.29, 0.717) is 22.5 Å². The number of thiazole rings is 1. The van der Waals surface area contributed by atoms with Gasteiger partial charge in [0.05, 0.1) is 11.1 Å². The van der Waals surface area contributed by atoms with Crippen LogP contribution >= 0.6 is 11.3 Å². The number of benzene rings is 2. The lowest BCUT2D eigenvalue weighted by Crippen LogP contribution is -2.00. The van der Waals surface area contributed by atoms with Gasteiger partial charge in [-0.25, -0.2) is 9.97 Å². The molecule has 0 atom stereocenters. The predicted molar refractivity (Wildman–Crippen MR) is 117 cm³/mol. The third-order valence-corrected chi connectivity index (χ3v) is 6.25. The summed E-state index contributed by atoms with van der Waals surface area (Å²) in [5.74, 6) is 0.296. The summed E-state index contributed by atoms with van der Waals surface area (Å²) in [5, 5.41) is 4.64. The summed E-state index contributed by atoms with van der Waals surface area (Å²) in [4.78, 5) is 38.1. The van der Waals surface area contributed by atoms with Crippen molar-refractivity contribution in [1.29, 1.82) is 0 Å². The van der Waals surface area contributed by atoms with Gasteiger partial charge in [0.25, 0.3) is 0 Å². The lowest BCUT2D eigenvalue weighted by Gasteiger charge is -2.00. The van der Waals surface area contributed by atoms with Crippen LogP contribution in [-0.4, -0.2) is 31.1 Å². The second kappa shape index (κ2) is 6.08. The van der Waals surface area contributed by atoms with Crippen molar-refractivity contribution < 1.29 is 9.59 Å². The van der Waals surface area contributed by atoms with Crippen LogP contribution in [0, 0.1) is 0 Å². The number of H-pyrrole nitrogens is 1. The topological polar surface area (TPSA) is 80.6 Å². The van der Waals surface area contributed by atoms with Gasteiger partial charge in [0.1, 0.15) is 0 Å². The first-order valence-corrected chi connectivity index (χ1v) is 10.3.